The van der Waals surface area contributed by atoms with Gasteiger partial charge in [-0.05, 0) is 30.2 Å². The lowest BCUT2D eigenvalue weighted by Crippen LogP contribution is -2.25. The van der Waals surface area contributed by atoms with Crippen LogP contribution in [0.25, 0.3) is 10.9 Å². The highest BCUT2D eigenvalue weighted by Crippen LogP contribution is 2.23. The molecule has 1 heterocycles. The van der Waals surface area contributed by atoms with Crippen molar-refractivity contribution in [3.8, 4) is 0 Å². The van der Waals surface area contributed by atoms with E-state index in [1.165, 1.54) is 12.1 Å². The number of thioether (sulfide) groups is 1. The van der Waals surface area contributed by atoms with E-state index in [1.807, 2.05) is 36.4 Å². The quantitative estimate of drug-likeness (QED) is 0.190. The third-order valence-corrected chi connectivity index (χ3v) is 6.02. The van der Waals surface area contributed by atoms with Crippen LogP contribution in [0.5, 0.6) is 0 Å². The summed E-state index contributed by atoms with van der Waals surface area (Å²) in [5, 5.41) is 14.7. The first-order chi connectivity index (χ1) is 15.9. The van der Waals surface area contributed by atoms with Gasteiger partial charge in [0.15, 0.2) is 5.16 Å². The van der Waals surface area contributed by atoms with Gasteiger partial charge in [-0.2, -0.15) is 0 Å². The first-order valence-corrected chi connectivity index (χ1v) is 11.1. The Balaban J connectivity index is 1.60. The number of aryl methyl sites for hydroxylation is 1. The number of nitrogens with one attached hydrogen (secondary N) is 1. The van der Waals surface area contributed by atoms with Gasteiger partial charge in [0.25, 0.3) is 11.2 Å². The van der Waals surface area contributed by atoms with Crippen molar-refractivity contribution in [2.45, 2.75) is 18.6 Å². The van der Waals surface area contributed by atoms with Crippen molar-refractivity contribution in [2.75, 3.05) is 11.1 Å². The Hall–Kier alpha value is -3.98. The molecule has 4 rings (SSSR count). The molecule has 166 valence electrons. The Morgan fingerprint density at radius 3 is 2.58 bits per heavy atom. The van der Waals surface area contributed by atoms with Crippen molar-refractivity contribution in [2.24, 2.45) is 0 Å². The number of benzene rings is 3. The fourth-order valence-corrected chi connectivity index (χ4v) is 4.14. The average Bonchev–Trinajstić information content (AvgIpc) is 2.82. The maximum Gasteiger partial charge on any atom is 0.271 e. The lowest BCUT2D eigenvalue weighted by molar-refractivity contribution is -0.384. The summed E-state index contributed by atoms with van der Waals surface area (Å²) in [7, 11) is 0. The van der Waals surface area contributed by atoms with Gasteiger partial charge < -0.3 is 5.32 Å². The predicted molar refractivity (Wildman–Crippen MR) is 129 cm³/mol. The molecule has 0 aliphatic heterocycles. The number of fused-ring (bicyclic) bond motifs is 1. The number of hydrogen-bond donors (Lipinski definition) is 1. The second kappa shape index (κ2) is 9.66. The largest absolute Gasteiger partial charge is 0.325 e. The first kappa shape index (κ1) is 22.2. The van der Waals surface area contributed by atoms with Crippen LogP contribution < -0.4 is 10.9 Å². The molecule has 9 heteroatoms. The molecule has 8 nitrogen and oxygen atoms in total. The summed E-state index contributed by atoms with van der Waals surface area (Å²) >= 11 is 1.14. The third-order valence-electron chi connectivity index (χ3n) is 5.05. The van der Waals surface area contributed by atoms with E-state index in [0.29, 0.717) is 33.9 Å². The summed E-state index contributed by atoms with van der Waals surface area (Å²) < 4.78 is 1.56. The topological polar surface area (TPSA) is 107 Å². The van der Waals surface area contributed by atoms with Crippen molar-refractivity contribution in [1.82, 2.24) is 9.55 Å². The number of amides is 1. The van der Waals surface area contributed by atoms with Crippen molar-refractivity contribution >= 4 is 39.9 Å². The van der Waals surface area contributed by atoms with Gasteiger partial charge in [-0.25, -0.2) is 4.98 Å². The maximum absolute atomic E-state index is 13.2. The highest BCUT2D eigenvalue weighted by molar-refractivity contribution is 7.99. The highest BCUT2D eigenvalue weighted by Gasteiger charge is 2.15. The summed E-state index contributed by atoms with van der Waals surface area (Å²) in [5.74, 6) is -0.362. The van der Waals surface area contributed by atoms with E-state index in [-0.39, 0.29) is 22.9 Å². The van der Waals surface area contributed by atoms with Crippen LogP contribution in [-0.2, 0) is 11.3 Å². The smallest absolute Gasteiger partial charge is 0.271 e. The van der Waals surface area contributed by atoms with E-state index in [9.17, 15) is 19.7 Å². The Labute approximate surface area is 193 Å². The molecule has 0 fully saturated rings. The number of rotatable bonds is 7. The molecule has 0 saturated heterocycles. The Morgan fingerprint density at radius 1 is 1.09 bits per heavy atom. The van der Waals surface area contributed by atoms with E-state index in [1.54, 1.807) is 35.8 Å². The van der Waals surface area contributed by atoms with Crippen LogP contribution in [0.2, 0.25) is 0 Å². The third kappa shape index (κ3) is 5.09. The number of nitro benzene ring substituents is 1. The number of nitrogens with zero attached hydrogens (tertiary/aromatic N) is 3. The number of carbonyl (C=O) groups is 1. The zero-order chi connectivity index (χ0) is 23.4. The molecule has 1 aromatic heterocycles. The second-order valence-corrected chi connectivity index (χ2v) is 8.32. The molecule has 3 aromatic carbocycles. The molecule has 0 bridgehead atoms. The molecule has 0 atom stereocenters. The summed E-state index contributed by atoms with van der Waals surface area (Å²) in [5.41, 5.74) is 2.31. The van der Waals surface area contributed by atoms with Crippen LogP contribution in [0, 0.1) is 17.0 Å². The number of para-hydroxylation sites is 1. The fraction of sp³-hybridized carbons (Fsp3) is 0.125. The molecule has 0 spiro atoms. The van der Waals surface area contributed by atoms with Crippen LogP contribution >= 0.6 is 11.8 Å². The summed E-state index contributed by atoms with van der Waals surface area (Å²) in [6.45, 7) is 2.08. The molecule has 0 aliphatic carbocycles. The second-order valence-electron chi connectivity index (χ2n) is 7.38. The van der Waals surface area contributed by atoms with E-state index in [4.69, 9.17) is 0 Å². The van der Waals surface area contributed by atoms with Crippen molar-refractivity contribution in [1.29, 1.82) is 0 Å². The first-order valence-electron chi connectivity index (χ1n) is 10.1. The summed E-state index contributed by atoms with van der Waals surface area (Å²) in [6.07, 6.45) is 0. The van der Waals surface area contributed by atoms with Gasteiger partial charge in [0.2, 0.25) is 5.91 Å². The number of hydrogen-bond acceptors (Lipinski definition) is 6. The Morgan fingerprint density at radius 2 is 1.82 bits per heavy atom. The summed E-state index contributed by atoms with van der Waals surface area (Å²) in [4.78, 5) is 41.0. The zero-order valence-corrected chi connectivity index (χ0v) is 18.5. The van der Waals surface area contributed by atoms with Gasteiger partial charge in [-0.15, -0.1) is 0 Å². The minimum atomic E-state index is -0.509. The monoisotopic (exact) mass is 460 g/mol. The van der Waals surface area contributed by atoms with E-state index < -0.39 is 4.92 Å². The maximum atomic E-state index is 13.2. The molecule has 0 unspecified atom stereocenters. The van der Waals surface area contributed by atoms with Crippen LogP contribution in [0.1, 0.15) is 11.1 Å². The van der Waals surface area contributed by atoms with E-state index in [0.717, 1.165) is 17.3 Å². The summed E-state index contributed by atoms with van der Waals surface area (Å²) in [6, 6.07) is 21.0. The molecule has 1 N–H and O–H groups in total. The SMILES string of the molecule is Cc1ccc([N+](=O)[O-])cc1NC(=O)CSc1nc2ccccc2c(=O)n1Cc1ccccc1. The van der Waals surface area contributed by atoms with Gasteiger partial charge in [0.05, 0.1) is 33.8 Å². The minimum absolute atomic E-state index is 0.0122. The number of anilines is 1. The van der Waals surface area contributed by atoms with Gasteiger partial charge in [0.1, 0.15) is 0 Å². The lowest BCUT2D eigenvalue weighted by Gasteiger charge is -2.13. The molecule has 0 aliphatic rings. The molecule has 33 heavy (non-hydrogen) atoms. The van der Waals surface area contributed by atoms with Crippen LogP contribution in [0.4, 0.5) is 11.4 Å². The van der Waals surface area contributed by atoms with Crippen LogP contribution in [0.15, 0.2) is 82.7 Å². The molecule has 1 amide bonds. The molecular formula is C24H20N4O4S. The molecule has 4 aromatic rings. The number of nitro groups is 1. The average molecular weight is 461 g/mol. The number of aromatic nitrogens is 2. The molecular weight excluding hydrogens is 440 g/mol. The van der Waals surface area contributed by atoms with E-state index >= 15 is 0 Å². The Kier molecular flexibility index (Phi) is 6.50. The lowest BCUT2D eigenvalue weighted by atomic mass is 10.2. The van der Waals surface area contributed by atoms with E-state index in [2.05, 4.69) is 10.3 Å². The normalized spacial score (nSPS) is 10.8. The molecule has 0 saturated carbocycles. The molecule has 0 radical (unpaired) electrons. The van der Waals surface area contributed by atoms with Crippen molar-refractivity contribution in [3.63, 3.8) is 0 Å². The van der Waals surface area contributed by atoms with Crippen molar-refractivity contribution in [3.05, 3.63) is 104 Å². The minimum Gasteiger partial charge on any atom is -0.325 e. The highest BCUT2D eigenvalue weighted by atomic mass is 32.2. The Bertz CT molecular complexity index is 1400. The van der Waals surface area contributed by atoms with Gasteiger partial charge in [0, 0.05) is 12.1 Å². The van der Waals surface area contributed by atoms with Crippen LogP contribution in [-0.4, -0.2) is 26.1 Å². The number of non-ortho nitro benzene ring substituents is 1. The fourth-order valence-electron chi connectivity index (χ4n) is 3.34. The van der Waals surface area contributed by atoms with Gasteiger partial charge in [-0.3, -0.25) is 24.3 Å². The zero-order valence-electron chi connectivity index (χ0n) is 17.7. The predicted octanol–water partition coefficient (Wildman–Crippen LogP) is 4.39. The number of carbonyl (C=O) groups excluding carboxylic acids is 1. The van der Waals surface area contributed by atoms with Gasteiger partial charge in [-0.1, -0.05) is 60.3 Å². The van der Waals surface area contributed by atoms with Gasteiger partial charge >= 0.3 is 0 Å². The van der Waals surface area contributed by atoms with Crippen LogP contribution in [0.3, 0.4) is 0 Å². The van der Waals surface area contributed by atoms with Crippen molar-refractivity contribution < 1.29 is 9.72 Å². The standard InChI is InChI=1S/C24H20N4O4S/c1-16-11-12-18(28(31)32)13-21(16)25-22(29)15-33-24-26-20-10-6-5-9-19(20)23(30)27(24)14-17-7-3-2-4-8-17/h2-13H,14-15H2,1H3,(H,25,29).